The van der Waals surface area contributed by atoms with Crippen LogP contribution in [0.4, 0.5) is 5.69 Å². The molecule has 2 N–H and O–H groups in total. The van der Waals surface area contributed by atoms with Crippen molar-refractivity contribution in [2.24, 2.45) is 0 Å². The molecule has 0 saturated heterocycles. The van der Waals surface area contributed by atoms with Gasteiger partial charge in [-0.2, -0.15) is 5.26 Å². The lowest BCUT2D eigenvalue weighted by Gasteiger charge is -2.10. The maximum absolute atomic E-state index is 12.4. The van der Waals surface area contributed by atoms with E-state index in [4.69, 9.17) is 14.2 Å². The van der Waals surface area contributed by atoms with Gasteiger partial charge >= 0.3 is 0 Å². The lowest BCUT2D eigenvalue weighted by molar-refractivity contribution is -0.112. The molecule has 0 bridgehead atoms. The fourth-order valence-corrected chi connectivity index (χ4v) is 2.32. The Kier molecular flexibility index (Phi) is 6.67. The topological polar surface area (TPSA) is 101 Å². The van der Waals surface area contributed by atoms with Crippen LogP contribution in [0.5, 0.6) is 23.0 Å². The van der Waals surface area contributed by atoms with Gasteiger partial charge in [0.15, 0.2) is 23.0 Å². The zero-order valence-corrected chi connectivity index (χ0v) is 15.3. The molecule has 0 spiro atoms. The summed E-state index contributed by atoms with van der Waals surface area (Å²) in [6.45, 7) is 2.17. The van der Waals surface area contributed by atoms with E-state index in [1.807, 2.05) is 6.07 Å². The van der Waals surface area contributed by atoms with Gasteiger partial charge in [0.2, 0.25) is 0 Å². The van der Waals surface area contributed by atoms with Crippen molar-refractivity contribution in [3.05, 3.63) is 47.5 Å². The monoisotopic (exact) mass is 368 g/mol. The number of ether oxygens (including phenoxy) is 3. The second-order valence-corrected chi connectivity index (χ2v) is 5.35. The van der Waals surface area contributed by atoms with Crippen molar-refractivity contribution in [3.8, 4) is 29.1 Å². The number of hydrogen-bond acceptors (Lipinski definition) is 6. The molecular formula is C20H20N2O5. The molecule has 0 heterocycles. The minimum absolute atomic E-state index is 0.0118. The van der Waals surface area contributed by atoms with Gasteiger partial charge in [0.05, 0.1) is 20.8 Å². The smallest absolute Gasteiger partial charge is 0.266 e. The van der Waals surface area contributed by atoms with E-state index in [0.717, 1.165) is 0 Å². The van der Waals surface area contributed by atoms with Crippen molar-refractivity contribution in [2.45, 2.75) is 6.92 Å². The fourth-order valence-electron chi connectivity index (χ4n) is 2.32. The van der Waals surface area contributed by atoms with E-state index in [0.29, 0.717) is 29.4 Å². The van der Waals surface area contributed by atoms with E-state index in [1.165, 1.54) is 26.4 Å². The van der Waals surface area contributed by atoms with Crippen LogP contribution in [0.25, 0.3) is 6.08 Å². The number of nitrogens with one attached hydrogen (secondary N) is 1. The average molecular weight is 368 g/mol. The Labute approximate surface area is 157 Å². The number of hydrogen-bond donors (Lipinski definition) is 2. The van der Waals surface area contributed by atoms with Crippen LogP contribution in [0.1, 0.15) is 12.5 Å². The number of aromatic hydroxyl groups is 1. The highest BCUT2D eigenvalue weighted by Gasteiger charge is 2.12. The van der Waals surface area contributed by atoms with Crippen LogP contribution < -0.4 is 19.5 Å². The molecule has 0 atom stereocenters. The van der Waals surface area contributed by atoms with Gasteiger partial charge in [-0.25, -0.2) is 0 Å². The molecular weight excluding hydrogens is 348 g/mol. The third-order valence-corrected chi connectivity index (χ3v) is 3.60. The van der Waals surface area contributed by atoms with Gasteiger partial charge in [0.1, 0.15) is 11.6 Å². The van der Waals surface area contributed by atoms with Crippen LogP contribution in [0.15, 0.2) is 42.0 Å². The van der Waals surface area contributed by atoms with Gasteiger partial charge in [-0.3, -0.25) is 4.79 Å². The molecule has 0 aromatic heterocycles. The molecule has 0 aliphatic heterocycles. The quantitative estimate of drug-likeness (QED) is 0.574. The van der Waals surface area contributed by atoms with Gasteiger partial charge in [-0.05, 0) is 42.8 Å². The molecule has 1 amide bonds. The Balaban J connectivity index is 2.25. The number of amides is 1. The molecule has 0 unspecified atom stereocenters. The molecule has 2 rings (SSSR count). The number of methoxy groups -OCH3 is 2. The first-order valence-electron chi connectivity index (χ1n) is 8.13. The van der Waals surface area contributed by atoms with Gasteiger partial charge in [-0.1, -0.05) is 6.07 Å². The first-order chi connectivity index (χ1) is 13.0. The summed E-state index contributed by atoms with van der Waals surface area (Å²) in [5.74, 6) is 0.679. The molecule has 140 valence electrons. The Morgan fingerprint density at radius 2 is 1.89 bits per heavy atom. The Morgan fingerprint density at radius 3 is 2.52 bits per heavy atom. The van der Waals surface area contributed by atoms with Crippen molar-refractivity contribution < 1.29 is 24.1 Å². The third-order valence-electron chi connectivity index (χ3n) is 3.60. The molecule has 0 radical (unpaired) electrons. The van der Waals surface area contributed by atoms with Crippen LogP contribution in [0.2, 0.25) is 0 Å². The number of nitriles is 1. The summed E-state index contributed by atoms with van der Waals surface area (Å²) in [5.41, 5.74) is 0.910. The van der Waals surface area contributed by atoms with E-state index in [2.05, 4.69) is 5.32 Å². The van der Waals surface area contributed by atoms with Crippen molar-refractivity contribution >= 4 is 17.7 Å². The number of carbonyl (C=O) groups is 1. The Morgan fingerprint density at radius 1 is 1.15 bits per heavy atom. The summed E-state index contributed by atoms with van der Waals surface area (Å²) < 4.78 is 15.7. The number of phenols is 1. The van der Waals surface area contributed by atoms with E-state index < -0.39 is 5.91 Å². The van der Waals surface area contributed by atoms with Crippen LogP contribution in [-0.4, -0.2) is 31.8 Å². The molecule has 2 aromatic carbocycles. The molecule has 0 aliphatic carbocycles. The van der Waals surface area contributed by atoms with Crippen LogP contribution in [-0.2, 0) is 4.79 Å². The maximum atomic E-state index is 12.4. The lowest BCUT2D eigenvalue weighted by Crippen LogP contribution is -2.13. The minimum atomic E-state index is -0.573. The van der Waals surface area contributed by atoms with Crippen molar-refractivity contribution in [1.82, 2.24) is 0 Å². The summed E-state index contributed by atoms with van der Waals surface area (Å²) in [7, 11) is 3.01. The highest BCUT2D eigenvalue weighted by Crippen LogP contribution is 2.30. The molecule has 0 aliphatic rings. The number of anilines is 1. The zero-order valence-electron chi connectivity index (χ0n) is 15.3. The molecule has 7 heteroatoms. The Bertz CT molecular complexity index is 900. The minimum Gasteiger partial charge on any atom is -0.504 e. The second-order valence-electron chi connectivity index (χ2n) is 5.35. The van der Waals surface area contributed by atoms with Crippen molar-refractivity contribution in [1.29, 1.82) is 5.26 Å². The SMILES string of the molecule is CCOc1cc(/C=C(\C#N)C(=O)Nc2ccc(OC)c(OC)c2)ccc1O. The van der Waals surface area contributed by atoms with Crippen molar-refractivity contribution in [2.75, 3.05) is 26.1 Å². The average Bonchev–Trinajstić information content (AvgIpc) is 2.68. The predicted molar refractivity (Wildman–Crippen MR) is 101 cm³/mol. The first-order valence-corrected chi connectivity index (χ1v) is 8.13. The number of benzene rings is 2. The summed E-state index contributed by atoms with van der Waals surface area (Å²) in [4.78, 5) is 12.4. The normalized spacial score (nSPS) is 10.7. The lowest BCUT2D eigenvalue weighted by atomic mass is 10.1. The summed E-state index contributed by atoms with van der Waals surface area (Å²) >= 11 is 0. The molecule has 0 fully saturated rings. The van der Waals surface area contributed by atoms with E-state index in [9.17, 15) is 15.2 Å². The highest BCUT2D eigenvalue weighted by molar-refractivity contribution is 6.09. The van der Waals surface area contributed by atoms with Gasteiger partial charge in [-0.15, -0.1) is 0 Å². The van der Waals surface area contributed by atoms with Crippen molar-refractivity contribution in [3.63, 3.8) is 0 Å². The van der Waals surface area contributed by atoms with E-state index in [1.54, 1.807) is 37.3 Å². The van der Waals surface area contributed by atoms with Crippen LogP contribution in [0, 0.1) is 11.3 Å². The number of nitrogens with zero attached hydrogens (tertiary/aromatic N) is 1. The zero-order chi connectivity index (χ0) is 19.8. The molecule has 0 saturated carbocycles. The standard InChI is InChI=1S/C20H20N2O5/c1-4-27-18-10-13(5-7-16(18)23)9-14(12-21)20(24)22-15-6-8-17(25-2)19(11-15)26-3/h5-11,23H,4H2,1-3H3,(H,22,24)/b14-9+. The molecule has 27 heavy (non-hydrogen) atoms. The molecule has 7 nitrogen and oxygen atoms in total. The van der Waals surface area contributed by atoms with Gasteiger partial charge in [0.25, 0.3) is 5.91 Å². The summed E-state index contributed by atoms with van der Waals surface area (Å²) in [6, 6.07) is 11.3. The summed E-state index contributed by atoms with van der Waals surface area (Å²) in [5, 5.41) is 21.7. The second kappa shape index (κ2) is 9.15. The third kappa shape index (κ3) is 4.92. The van der Waals surface area contributed by atoms with Gasteiger partial charge < -0.3 is 24.6 Å². The predicted octanol–water partition coefficient (Wildman–Crippen LogP) is 3.35. The van der Waals surface area contributed by atoms with Gasteiger partial charge in [0, 0.05) is 11.8 Å². The highest BCUT2D eigenvalue weighted by atomic mass is 16.5. The van der Waals surface area contributed by atoms with E-state index >= 15 is 0 Å². The number of rotatable bonds is 7. The molecule has 2 aromatic rings. The Hall–Kier alpha value is -3.66. The number of phenolic OH excluding ortho intramolecular Hbond substituents is 1. The number of carbonyl (C=O) groups excluding carboxylic acids is 1. The fraction of sp³-hybridized carbons (Fsp3) is 0.200. The maximum Gasteiger partial charge on any atom is 0.266 e. The van der Waals surface area contributed by atoms with Crippen LogP contribution in [0.3, 0.4) is 0 Å². The largest absolute Gasteiger partial charge is 0.504 e. The van der Waals surface area contributed by atoms with E-state index in [-0.39, 0.29) is 17.1 Å². The summed E-state index contributed by atoms with van der Waals surface area (Å²) in [6.07, 6.45) is 1.41. The first kappa shape index (κ1) is 19.7. The van der Waals surface area contributed by atoms with Crippen LogP contribution >= 0.6 is 0 Å².